The van der Waals surface area contributed by atoms with Crippen molar-refractivity contribution >= 4 is 5.82 Å². The first-order valence-electron chi connectivity index (χ1n) is 5.90. The molecule has 1 saturated heterocycles. The van der Waals surface area contributed by atoms with Gasteiger partial charge in [-0.2, -0.15) is 5.10 Å². The van der Waals surface area contributed by atoms with Crippen LogP contribution in [0.1, 0.15) is 12.8 Å². The van der Waals surface area contributed by atoms with Crippen LogP contribution in [-0.2, 0) is 11.8 Å². The van der Waals surface area contributed by atoms with Gasteiger partial charge in [0.2, 0.25) is 5.88 Å². The maximum Gasteiger partial charge on any atom is 0.213 e. The fourth-order valence-electron chi connectivity index (χ4n) is 2.05. The van der Waals surface area contributed by atoms with Crippen LogP contribution in [0.5, 0.6) is 5.88 Å². The van der Waals surface area contributed by atoms with Gasteiger partial charge in [-0.25, -0.2) is 4.68 Å². The molecule has 17 heavy (non-hydrogen) atoms. The summed E-state index contributed by atoms with van der Waals surface area (Å²) in [5, 5.41) is 7.53. The Morgan fingerprint density at radius 3 is 2.94 bits per heavy atom. The fourth-order valence-corrected chi connectivity index (χ4v) is 2.05. The number of hydrogen-bond donors (Lipinski definition) is 2. The number of nitrogens with zero attached hydrogens (tertiary/aromatic N) is 2. The summed E-state index contributed by atoms with van der Waals surface area (Å²) in [6.45, 7) is 1.37. The monoisotopic (exact) mass is 240 g/mol. The first-order chi connectivity index (χ1) is 8.22. The molecule has 0 saturated carbocycles. The number of aromatic nitrogens is 2. The lowest BCUT2D eigenvalue weighted by molar-refractivity contribution is 0.0578. The summed E-state index contributed by atoms with van der Waals surface area (Å²) in [5.41, 5.74) is 5.57. The molecule has 2 heterocycles. The number of rotatable bonds is 5. The van der Waals surface area contributed by atoms with E-state index in [4.69, 9.17) is 15.2 Å². The highest BCUT2D eigenvalue weighted by Crippen LogP contribution is 2.20. The third-order valence-corrected chi connectivity index (χ3v) is 3.02. The van der Waals surface area contributed by atoms with E-state index in [0.29, 0.717) is 6.54 Å². The molecular weight excluding hydrogens is 220 g/mol. The molecule has 1 aromatic rings. The van der Waals surface area contributed by atoms with Crippen LogP contribution in [-0.4, -0.2) is 42.2 Å². The van der Waals surface area contributed by atoms with Crippen LogP contribution in [0.15, 0.2) is 6.07 Å². The van der Waals surface area contributed by atoms with Crippen molar-refractivity contribution in [1.82, 2.24) is 9.78 Å². The fraction of sp³-hybridized carbons (Fsp3) is 0.727. The lowest BCUT2D eigenvalue weighted by Gasteiger charge is -2.12. The summed E-state index contributed by atoms with van der Waals surface area (Å²) in [6.07, 6.45) is 2.56. The molecule has 1 fully saturated rings. The van der Waals surface area contributed by atoms with Gasteiger partial charge >= 0.3 is 0 Å². The Balaban J connectivity index is 1.81. The van der Waals surface area contributed by atoms with E-state index in [0.717, 1.165) is 31.1 Å². The molecule has 2 unspecified atom stereocenters. The second-order valence-electron chi connectivity index (χ2n) is 4.27. The van der Waals surface area contributed by atoms with Crippen LogP contribution >= 0.6 is 0 Å². The number of aryl methyl sites for hydroxylation is 1. The van der Waals surface area contributed by atoms with Gasteiger partial charge in [0.15, 0.2) is 5.82 Å². The minimum Gasteiger partial charge on any atom is -0.481 e. The zero-order valence-corrected chi connectivity index (χ0v) is 10.3. The molecule has 0 bridgehead atoms. The zero-order chi connectivity index (χ0) is 12.3. The topological polar surface area (TPSA) is 74.3 Å². The van der Waals surface area contributed by atoms with E-state index in [1.807, 2.05) is 13.1 Å². The predicted octanol–water partition coefficient (Wildman–Crippen LogP) is 0.347. The molecule has 0 radical (unpaired) electrons. The van der Waals surface area contributed by atoms with Crippen molar-refractivity contribution in [2.75, 3.05) is 25.5 Å². The summed E-state index contributed by atoms with van der Waals surface area (Å²) in [4.78, 5) is 0. The minimum atomic E-state index is 0.222. The summed E-state index contributed by atoms with van der Waals surface area (Å²) in [5.74, 6) is 1.55. The Morgan fingerprint density at radius 1 is 1.59 bits per heavy atom. The molecule has 3 N–H and O–H groups in total. The summed E-state index contributed by atoms with van der Waals surface area (Å²) in [7, 11) is 3.48. The maximum absolute atomic E-state index is 5.74. The molecule has 2 atom stereocenters. The van der Waals surface area contributed by atoms with Gasteiger partial charge < -0.3 is 20.5 Å². The standard InChI is InChI=1S/C11H20N4O2/c1-15-11(16-2)5-10(14-15)13-7-9-4-3-8(6-12)17-9/h5,8-9H,3-4,6-7,12H2,1-2H3,(H,13,14). The molecule has 0 aromatic carbocycles. The molecule has 1 aliphatic heterocycles. The average Bonchev–Trinajstić information content (AvgIpc) is 2.92. The van der Waals surface area contributed by atoms with Crippen molar-refractivity contribution < 1.29 is 9.47 Å². The lowest BCUT2D eigenvalue weighted by Crippen LogP contribution is -2.24. The number of anilines is 1. The number of ether oxygens (including phenoxy) is 2. The van der Waals surface area contributed by atoms with Gasteiger partial charge in [0, 0.05) is 26.2 Å². The minimum absolute atomic E-state index is 0.222. The smallest absolute Gasteiger partial charge is 0.213 e. The second-order valence-corrected chi connectivity index (χ2v) is 4.27. The average molecular weight is 240 g/mol. The van der Waals surface area contributed by atoms with Crippen LogP contribution in [0, 0.1) is 0 Å². The number of nitrogens with two attached hydrogens (primary N) is 1. The van der Waals surface area contributed by atoms with Crippen molar-refractivity contribution in [2.45, 2.75) is 25.0 Å². The molecule has 6 nitrogen and oxygen atoms in total. The van der Waals surface area contributed by atoms with E-state index in [-0.39, 0.29) is 12.2 Å². The van der Waals surface area contributed by atoms with Crippen molar-refractivity contribution in [2.24, 2.45) is 12.8 Å². The third-order valence-electron chi connectivity index (χ3n) is 3.02. The second kappa shape index (κ2) is 5.37. The molecule has 2 rings (SSSR count). The molecule has 6 heteroatoms. The van der Waals surface area contributed by atoms with E-state index in [2.05, 4.69) is 10.4 Å². The van der Waals surface area contributed by atoms with E-state index >= 15 is 0 Å². The Bertz CT molecular complexity index is 366. The highest BCUT2D eigenvalue weighted by molar-refractivity contribution is 5.38. The Labute approximate surface area is 101 Å². The highest BCUT2D eigenvalue weighted by Gasteiger charge is 2.23. The molecule has 96 valence electrons. The van der Waals surface area contributed by atoms with Crippen LogP contribution < -0.4 is 15.8 Å². The van der Waals surface area contributed by atoms with Crippen LogP contribution in [0.4, 0.5) is 5.82 Å². The van der Waals surface area contributed by atoms with Crippen molar-refractivity contribution in [1.29, 1.82) is 0 Å². The van der Waals surface area contributed by atoms with Gasteiger partial charge in [0.05, 0.1) is 19.3 Å². The zero-order valence-electron chi connectivity index (χ0n) is 10.3. The van der Waals surface area contributed by atoms with Gasteiger partial charge in [-0.05, 0) is 12.8 Å². The summed E-state index contributed by atoms with van der Waals surface area (Å²) in [6, 6.07) is 1.87. The van der Waals surface area contributed by atoms with Gasteiger partial charge in [-0.3, -0.25) is 0 Å². The maximum atomic E-state index is 5.74. The SMILES string of the molecule is COc1cc(NCC2CCC(CN)O2)nn1C. The molecule has 1 aromatic heterocycles. The molecule has 0 spiro atoms. The number of nitrogens with one attached hydrogen (secondary N) is 1. The summed E-state index contributed by atoms with van der Waals surface area (Å²) < 4.78 is 12.6. The molecule has 0 aliphatic carbocycles. The summed E-state index contributed by atoms with van der Waals surface area (Å²) >= 11 is 0. The van der Waals surface area contributed by atoms with Gasteiger partial charge in [-0.1, -0.05) is 0 Å². The van der Waals surface area contributed by atoms with Crippen LogP contribution in [0.3, 0.4) is 0 Å². The molecule has 0 amide bonds. The van der Waals surface area contributed by atoms with E-state index in [1.165, 1.54) is 0 Å². The largest absolute Gasteiger partial charge is 0.481 e. The molecule has 1 aliphatic rings. The van der Waals surface area contributed by atoms with E-state index in [1.54, 1.807) is 11.8 Å². The van der Waals surface area contributed by atoms with Gasteiger partial charge in [0.25, 0.3) is 0 Å². The predicted molar refractivity (Wildman–Crippen MR) is 65.2 cm³/mol. The van der Waals surface area contributed by atoms with Crippen molar-refractivity contribution in [3.8, 4) is 5.88 Å². The lowest BCUT2D eigenvalue weighted by atomic mass is 10.2. The number of hydrogen-bond acceptors (Lipinski definition) is 5. The Kier molecular flexibility index (Phi) is 3.86. The number of methoxy groups -OCH3 is 1. The highest BCUT2D eigenvalue weighted by atomic mass is 16.5. The first kappa shape index (κ1) is 12.2. The third kappa shape index (κ3) is 2.89. The van der Waals surface area contributed by atoms with Gasteiger partial charge in [0.1, 0.15) is 0 Å². The van der Waals surface area contributed by atoms with Crippen molar-refractivity contribution in [3.05, 3.63) is 6.07 Å². The van der Waals surface area contributed by atoms with Crippen molar-refractivity contribution in [3.63, 3.8) is 0 Å². The van der Waals surface area contributed by atoms with Gasteiger partial charge in [-0.15, -0.1) is 0 Å². The van der Waals surface area contributed by atoms with E-state index < -0.39 is 0 Å². The van der Waals surface area contributed by atoms with Crippen LogP contribution in [0.2, 0.25) is 0 Å². The quantitative estimate of drug-likeness (QED) is 0.776. The Hall–Kier alpha value is -1.27. The molecular formula is C11H20N4O2. The van der Waals surface area contributed by atoms with E-state index in [9.17, 15) is 0 Å². The Morgan fingerprint density at radius 2 is 2.35 bits per heavy atom. The first-order valence-corrected chi connectivity index (χ1v) is 5.90. The van der Waals surface area contributed by atoms with Crippen LogP contribution in [0.25, 0.3) is 0 Å². The normalized spacial score (nSPS) is 23.9.